The van der Waals surface area contributed by atoms with Crippen molar-refractivity contribution in [3.63, 3.8) is 0 Å². The Labute approximate surface area is 195 Å². The van der Waals surface area contributed by atoms with Gasteiger partial charge in [-0.15, -0.1) is 0 Å². The van der Waals surface area contributed by atoms with Crippen molar-refractivity contribution >= 4 is 5.97 Å². The molecule has 2 aromatic rings. The number of aromatic carboxylic acids is 1. The monoisotopic (exact) mass is 451 g/mol. The van der Waals surface area contributed by atoms with Crippen molar-refractivity contribution in [3.05, 3.63) is 59.2 Å². The number of likely N-dealkylation sites (tertiary alicyclic amines) is 1. The molecule has 4 atom stereocenters. The van der Waals surface area contributed by atoms with Crippen molar-refractivity contribution in [2.24, 2.45) is 11.8 Å². The molecule has 3 heterocycles. The van der Waals surface area contributed by atoms with Crippen LogP contribution >= 0.6 is 0 Å². The van der Waals surface area contributed by atoms with Crippen LogP contribution in [0.15, 0.2) is 42.5 Å². The van der Waals surface area contributed by atoms with Gasteiger partial charge in [-0.1, -0.05) is 30.3 Å². The molecular formula is C27H33NO5. The van der Waals surface area contributed by atoms with Gasteiger partial charge in [0.05, 0.1) is 24.4 Å². The molecule has 0 amide bonds. The third-order valence-corrected chi connectivity index (χ3v) is 7.51. The number of fused-ring (bicyclic) bond motifs is 4. The lowest BCUT2D eigenvalue weighted by molar-refractivity contribution is -0.188. The average Bonchev–Trinajstić information content (AvgIpc) is 2.79. The molecule has 6 heteroatoms. The summed E-state index contributed by atoms with van der Waals surface area (Å²) < 4.78 is 19.2. The summed E-state index contributed by atoms with van der Waals surface area (Å²) in [6, 6.07) is 13.4. The van der Waals surface area contributed by atoms with E-state index in [9.17, 15) is 9.90 Å². The first kappa shape index (κ1) is 22.2. The minimum absolute atomic E-state index is 0.00434. The summed E-state index contributed by atoms with van der Waals surface area (Å²) in [5, 5.41) is 9.54. The first-order chi connectivity index (χ1) is 15.9. The largest absolute Gasteiger partial charge is 0.490 e. The lowest BCUT2D eigenvalue weighted by Gasteiger charge is -2.53. The zero-order chi connectivity index (χ0) is 23.2. The first-order valence-corrected chi connectivity index (χ1v) is 12.0. The predicted molar refractivity (Wildman–Crippen MR) is 125 cm³/mol. The maximum atomic E-state index is 11.6. The minimum Gasteiger partial charge on any atom is -0.490 e. The Kier molecular flexibility index (Phi) is 5.83. The van der Waals surface area contributed by atoms with Crippen molar-refractivity contribution in [1.82, 2.24) is 4.90 Å². The van der Waals surface area contributed by atoms with E-state index in [4.69, 9.17) is 14.2 Å². The van der Waals surface area contributed by atoms with E-state index in [1.54, 1.807) is 12.1 Å². The van der Waals surface area contributed by atoms with Crippen molar-refractivity contribution in [3.8, 4) is 11.5 Å². The van der Waals surface area contributed by atoms with Crippen LogP contribution in [0, 0.1) is 11.8 Å². The zero-order valence-electron chi connectivity index (χ0n) is 19.6. The fraction of sp³-hybridized carbons (Fsp3) is 0.519. The van der Waals surface area contributed by atoms with Gasteiger partial charge in [0.25, 0.3) is 0 Å². The molecule has 176 valence electrons. The van der Waals surface area contributed by atoms with Crippen LogP contribution in [0.5, 0.6) is 11.5 Å². The molecule has 0 saturated carbocycles. The Balaban J connectivity index is 1.36. The predicted octanol–water partition coefficient (Wildman–Crippen LogP) is 4.92. The highest BCUT2D eigenvalue weighted by Crippen LogP contribution is 2.55. The standard InChI is InChI=1S/C27H33NO5/c1-4-31-23-11-7-10-20-24-21(27(2,3)33-25(20)23)14-18-16-28(13-12-22(18)32-24)15-17-8-5-6-9-19(17)26(29)30/h5-11,18,21-22,24H,4,12-16H2,1-3H3,(H,29,30)/t18-,21-,22-,24+/m0/s1. The summed E-state index contributed by atoms with van der Waals surface area (Å²) in [5.41, 5.74) is 2.00. The number of para-hydroxylation sites is 1. The Bertz CT molecular complexity index is 1030. The normalized spacial score (nSPS) is 28.1. The highest BCUT2D eigenvalue weighted by molar-refractivity contribution is 5.89. The summed E-state index contributed by atoms with van der Waals surface area (Å²) in [6.45, 7) is 9.36. The summed E-state index contributed by atoms with van der Waals surface area (Å²) in [7, 11) is 0. The number of hydrogen-bond acceptors (Lipinski definition) is 5. The highest BCUT2D eigenvalue weighted by atomic mass is 16.5. The number of carboxylic acids is 1. The number of carbonyl (C=O) groups is 1. The van der Waals surface area contributed by atoms with Gasteiger partial charge < -0.3 is 19.3 Å². The van der Waals surface area contributed by atoms with Crippen LogP contribution in [0.1, 0.15) is 61.2 Å². The quantitative estimate of drug-likeness (QED) is 0.696. The van der Waals surface area contributed by atoms with E-state index in [2.05, 4.69) is 24.8 Å². The molecule has 0 unspecified atom stereocenters. The molecule has 2 fully saturated rings. The Morgan fingerprint density at radius 3 is 2.82 bits per heavy atom. The number of nitrogens with zero attached hydrogens (tertiary/aromatic N) is 1. The molecular weight excluding hydrogens is 418 g/mol. The third-order valence-electron chi connectivity index (χ3n) is 7.51. The molecule has 1 N–H and O–H groups in total. The number of piperidine rings is 1. The molecule has 2 aromatic carbocycles. The second-order valence-corrected chi connectivity index (χ2v) is 10.00. The van der Waals surface area contributed by atoms with Crippen LogP contribution in [0.4, 0.5) is 0 Å². The number of hydrogen-bond donors (Lipinski definition) is 1. The summed E-state index contributed by atoms with van der Waals surface area (Å²) in [6.07, 6.45) is 2.18. The molecule has 33 heavy (non-hydrogen) atoms. The average molecular weight is 452 g/mol. The highest BCUT2D eigenvalue weighted by Gasteiger charge is 2.51. The smallest absolute Gasteiger partial charge is 0.336 e. The van der Waals surface area contributed by atoms with E-state index in [0.717, 1.165) is 48.6 Å². The van der Waals surface area contributed by atoms with Crippen LogP contribution in [0.3, 0.4) is 0 Å². The van der Waals surface area contributed by atoms with Gasteiger partial charge in [-0.3, -0.25) is 4.90 Å². The van der Waals surface area contributed by atoms with Gasteiger partial charge in [0.1, 0.15) is 5.60 Å². The first-order valence-electron chi connectivity index (χ1n) is 12.0. The maximum Gasteiger partial charge on any atom is 0.336 e. The van der Waals surface area contributed by atoms with Gasteiger partial charge in [0.2, 0.25) is 0 Å². The van der Waals surface area contributed by atoms with E-state index in [0.29, 0.717) is 24.6 Å². The Morgan fingerprint density at radius 2 is 2.03 bits per heavy atom. The van der Waals surface area contributed by atoms with Gasteiger partial charge in [0.15, 0.2) is 11.5 Å². The van der Waals surface area contributed by atoms with Gasteiger partial charge in [0, 0.05) is 31.1 Å². The van der Waals surface area contributed by atoms with Gasteiger partial charge >= 0.3 is 5.97 Å². The fourth-order valence-corrected chi connectivity index (χ4v) is 5.89. The van der Waals surface area contributed by atoms with E-state index in [-0.39, 0.29) is 23.7 Å². The molecule has 2 saturated heterocycles. The molecule has 3 aliphatic heterocycles. The van der Waals surface area contributed by atoms with Crippen molar-refractivity contribution in [2.75, 3.05) is 19.7 Å². The van der Waals surface area contributed by atoms with E-state index < -0.39 is 5.97 Å². The van der Waals surface area contributed by atoms with Gasteiger partial charge in [-0.25, -0.2) is 4.79 Å². The number of ether oxygens (including phenoxy) is 3. The number of benzene rings is 2. The zero-order valence-corrected chi connectivity index (χ0v) is 19.6. The molecule has 0 radical (unpaired) electrons. The molecule has 0 aliphatic carbocycles. The molecule has 0 bridgehead atoms. The van der Waals surface area contributed by atoms with Crippen LogP contribution in [0.2, 0.25) is 0 Å². The summed E-state index contributed by atoms with van der Waals surface area (Å²) >= 11 is 0. The lowest BCUT2D eigenvalue weighted by atomic mass is 9.70. The van der Waals surface area contributed by atoms with Gasteiger partial charge in [-0.05, 0) is 57.2 Å². The van der Waals surface area contributed by atoms with Crippen LogP contribution in [-0.4, -0.2) is 47.4 Å². The minimum atomic E-state index is -0.865. The topological polar surface area (TPSA) is 68.2 Å². The van der Waals surface area contributed by atoms with E-state index in [1.165, 1.54) is 0 Å². The molecule has 3 aliphatic rings. The molecule has 0 spiro atoms. The Morgan fingerprint density at radius 1 is 1.21 bits per heavy atom. The van der Waals surface area contributed by atoms with Crippen molar-refractivity contribution < 1.29 is 24.1 Å². The van der Waals surface area contributed by atoms with Crippen LogP contribution in [0.25, 0.3) is 0 Å². The molecule has 6 nitrogen and oxygen atoms in total. The lowest BCUT2D eigenvalue weighted by Crippen LogP contribution is -2.55. The van der Waals surface area contributed by atoms with Crippen LogP contribution < -0.4 is 9.47 Å². The van der Waals surface area contributed by atoms with E-state index in [1.807, 2.05) is 31.2 Å². The van der Waals surface area contributed by atoms with E-state index >= 15 is 0 Å². The van der Waals surface area contributed by atoms with Crippen molar-refractivity contribution in [1.29, 1.82) is 0 Å². The second-order valence-electron chi connectivity index (χ2n) is 10.00. The van der Waals surface area contributed by atoms with Crippen LogP contribution in [-0.2, 0) is 11.3 Å². The number of carboxylic acid groups (broad SMARTS) is 1. The summed E-state index contributed by atoms with van der Waals surface area (Å²) in [4.78, 5) is 14.0. The Hall–Kier alpha value is -2.57. The molecule has 0 aromatic heterocycles. The fourth-order valence-electron chi connectivity index (χ4n) is 5.89. The SMILES string of the molecule is CCOc1cccc2c1OC(C)(C)[C@H]1C[C@H]3CN(Cc4ccccc4C(=O)O)CC[C@@H]3O[C@H]21. The maximum absolute atomic E-state index is 11.6. The summed E-state index contributed by atoms with van der Waals surface area (Å²) in [5.74, 6) is 1.40. The molecule has 5 rings (SSSR count). The second kappa shape index (κ2) is 8.65. The number of rotatable bonds is 5. The van der Waals surface area contributed by atoms with Crippen molar-refractivity contribution in [2.45, 2.75) is 58.0 Å². The third kappa shape index (κ3) is 4.11. The van der Waals surface area contributed by atoms with Gasteiger partial charge in [-0.2, -0.15) is 0 Å².